The van der Waals surface area contributed by atoms with E-state index in [1.165, 1.54) is 5.69 Å². The Bertz CT molecular complexity index is 1160. The molecule has 5 rings (SSSR count). The van der Waals surface area contributed by atoms with Crippen LogP contribution < -0.4 is 25.2 Å². The summed E-state index contributed by atoms with van der Waals surface area (Å²) in [6.45, 7) is 15.9. The minimum atomic E-state index is -0.243. The van der Waals surface area contributed by atoms with Gasteiger partial charge in [0.2, 0.25) is 5.88 Å². The molecule has 2 aliphatic rings. The highest BCUT2D eigenvalue weighted by Gasteiger charge is 2.31. The minimum absolute atomic E-state index is 0.243. The molecule has 0 spiro atoms. The van der Waals surface area contributed by atoms with E-state index in [1.54, 1.807) is 15.8 Å². The molecule has 0 aliphatic carbocycles. The second kappa shape index (κ2) is 12.5. The fraction of sp³-hybridized carbons (Fsp3) is 0.538. The molecule has 36 heavy (non-hydrogen) atoms. The first-order valence-electron chi connectivity index (χ1n) is 13.1. The Morgan fingerprint density at radius 1 is 1.25 bits per heavy atom. The van der Waals surface area contributed by atoms with E-state index >= 15 is 0 Å². The number of nitrogens with one attached hydrogen (secondary N) is 2. The second-order valence-electron chi connectivity index (χ2n) is 8.25. The van der Waals surface area contributed by atoms with Crippen molar-refractivity contribution >= 4 is 34.3 Å². The van der Waals surface area contributed by atoms with Crippen LogP contribution in [0, 0.1) is 0 Å². The molecule has 0 saturated carbocycles. The largest absolute Gasteiger partial charge is 0.476 e. The van der Waals surface area contributed by atoms with Crippen molar-refractivity contribution < 1.29 is 9.53 Å². The van der Waals surface area contributed by atoms with E-state index in [0.29, 0.717) is 36.4 Å². The zero-order valence-electron chi connectivity index (χ0n) is 22.6. The number of nitrogens with zero attached hydrogens (tertiary/aromatic N) is 6. The number of hydrogen-bond donors (Lipinski definition) is 2. The Morgan fingerprint density at radius 3 is 2.75 bits per heavy atom. The van der Waals surface area contributed by atoms with Crippen LogP contribution in [0.3, 0.4) is 0 Å². The molecular formula is C26H40N8O2. The van der Waals surface area contributed by atoms with Crippen molar-refractivity contribution in [3.63, 3.8) is 0 Å². The van der Waals surface area contributed by atoms with E-state index in [0.717, 1.165) is 42.8 Å². The summed E-state index contributed by atoms with van der Waals surface area (Å²) in [5.41, 5.74) is 3.41. The Hall–Kier alpha value is -3.40. The predicted molar refractivity (Wildman–Crippen MR) is 146 cm³/mol. The molecule has 196 valence electrons. The lowest BCUT2D eigenvalue weighted by Crippen LogP contribution is -2.49. The Balaban J connectivity index is 0.000000861. The van der Waals surface area contributed by atoms with Gasteiger partial charge in [0.1, 0.15) is 11.5 Å². The minimum Gasteiger partial charge on any atom is -0.476 e. The summed E-state index contributed by atoms with van der Waals surface area (Å²) < 4.78 is 7.37. The van der Waals surface area contributed by atoms with Gasteiger partial charge in [0.25, 0.3) is 0 Å². The number of amides is 2. The number of pyridine rings is 2. The number of aromatic nitrogens is 4. The van der Waals surface area contributed by atoms with E-state index in [2.05, 4.69) is 43.6 Å². The summed E-state index contributed by atoms with van der Waals surface area (Å²) in [6, 6.07) is 4.10. The maximum atomic E-state index is 13.3. The fourth-order valence-corrected chi connectivity index (χ4v) is 4.50. The Labute approximate surface area is 214 Å². The van der Waals surface area contributed by atoms with Crippen LogP contribution in [0.1, 0.15) is 47.1 Å². The summed E-state index contributed by atoms with van der Waals surface area (Å²) in [6.07, 6.45) is 4.44. The highest BCUT2D eigenvalue weighted by atomic mass is 16.5. The number of carbonyl (C=O) groups is 1. The van der Waals surface area contributed by atoms with Crippen molar-refractivity contribution in [3.05, 3.63) is 30.1 Å². The molecule has 2 amide bonds. The Kier molecular flexibility index (Phi) is 9.46. The topological polar surface area (TPSA) is 100 Å². The quantitative estimate of drug-likeness (QED) is 0.558. The molecule has 0 radical (unpaired) electrons. The highest BCUT2D eigenvalue weighted by Crippen LogP contribution is 2.35. The molecule has 10 nitrogen and oxygen atoms in total. The average molecular weight is 497 g/mol. The average Bonchev–Trinajstić information content (AvgIpc) is 3.49. The number of aryl methyl sites for hydroxylation is 1. The summed E-state index contributed by atoms with van der Waals surface area (Å²) >= 11 is 0. The van der Waals surface area contributed by atoms with Crippen molar-refractivity contribution in [1.29, 1.82) is 0 Å². The number of rotatable bonds is 4. The van der Waals surface area contributed by atoms with E-state index < -0.39 is 0 Å². The number of ether oxygens (including phenoxy) is 1. The number of piperazine rings is 1. The third-order valence-corrected chi connectivity index (χ3v) is 5.90. The molecule has 1 saturated heterocycles. The van der Waals surface area contributed by atoms with E-state index in [4.69, 9.17) is 4.74 Å². The van der Waals surface area contributed by atoms with Crippen LogP contribution in [-0.2, 0) is 13.5 Å². The zero-order chi connectivity index (χ0) is 26.2. The molecule has 3 aromatic heterocycles. The van der Waals surface area contributed by atoms with E-state index in [-0.39, 0.29) is 6.03 Å². The third-order valence-electron chi connectivity index (χ3n) is 5.90. The van der Waals surface area contributed by atoms with Gasteiger partial charge in [-0.3, -0.25) is 9.58 Å². The highest BCUT2D eigenvalue weighted by molar-refractivity contribution is 6.04. The van der Waals surface area contributed by atoms with Crippen molar-refractivity contribution in [2.45, 2.75) is 54.0 Å². The smallest absolute Gasteiger partial charge is 0.327 e. The molecule has 1 atom stereocenters. The van der Waals surface area contributed by atoms with E-state index in [1.807, 2.05) is 53.9 Å². The van der Waals surface area contributed by atoms with Crippen LogP contribution in [0.25, 0.3) is 11.0 Å². The van der Waals surface area contributed by atoms with Crippen LogP contribution in [0.5, 0.6) is 5.88 Å². The fourth-order valence-electron chi connectivity index (χ4n) is 4.50. The van der Waals surface area contributed by atoms with Gasteiger partial charge in [0.05, 0.1) is 6.61 Å². The third kappa shape index (κ3) is 5.70. The first kappa shape index (κ1) is 27.2. The molecule has 1 unspecified atom stereocenters. The van der Waals surface area contributed by atoms with Gasteiger partial charge >= 0.3 is 6.03 Å². The lowest BCUT2D eigenvalue weighted by atomic mass is 10.1. The van der Waals surface area contributed by atoms with Crippen molar-refractivity contribution in [2.75, 3.05) is 47.9 Å². The number of carbonyl (C=O) groups excluding carboxylic acids is 1. The SMILES string of the molecule is CC.CC.CCOc1nc2nn(C)cc2cc1NC(=O)N1CCc2c(N3CCNC(C)C3)ccnc21. The van der Waals surface area contributed by atoms with Gasteiger partial charge in [-0.15, -0.1) is 0 Å². The van der Waals surface area contributed by atoms with Crippen LogP contribution >= 0.6 is 0 Å². The monoisotopic (exact) mass is 496 g/mol. The maximum Gasteiger partial charge on any atom is 0.327 e. The van der Waals surface area contributed by atoms with Crippen molar-refractivity contribution in [3.8, 4) is 5.88 Å². The van der Waals surface area contributed by atoms with Crippen LogP contribution in [0.15, 0.2) is 24.5 Å². The van der Waals surface area contributed by atoms with Crippen LogP contribution in [-0.4, -0.2) is 64.6 Å². The van der Waals surface area contributed by atoms with Gasteiger partial charge in [0.15, 0.2) is 5.65 Å². The second-order valence-corrected chi connectivity index (χ2v) is 8.25. The van der Waals surface area contributed by atoms with E-state index in [9.17, 15) is 4.79 Å². The molecular weight excluding hydrogens is 456 g/mol. The molecule has 5 heterocycles. The lowest BCUT2D eigenvalue weighted by Gasteiger charge is -2.34. The summed E-state index contributed by atoms with van der Waals surface area (Å²) in [7, 11) is 1.84. The summed E-state index contributed by atoms with van der Waals surface area (Å²) in [5.74, 6) is 1.09. The van der Waals surface area contributed by atoms with Crippen LogP contribution in [0.4, 0.5) is 22.0 Å². The van der Waals surface area contributed by atoms with Gasteiger partial charge in [-0.1, -0.05) is 27.7 Å². The van der Waals surface area contributed by atoms with Crippen molar-refractivity contribution in [2.24, 2.45) is 7.05 Å². The first-order valence-corrected chi connectivity index (χ1v) is 13.1. The molecule has 1 fully saturated rings. The van der Waals surface area contributed by atoms with Gasteiger partial charge in [-0.25, -0.2) is 9.78 Å². The molecule has 3 aromatic rings. The summed E-state index contributed by atoms with van der Waals surface area (Å²) in [5, 5.41) is 11.6. The summed E-state index contributed by atoms with van der Waals surface area (Å²) in [4.78, 5) is 26.4. The molecule has 10 heteroatoms. The van der Waals surface area contributed by atoms with Crippen LogP contribution in [0.2, 0.25) is 0 Å². The van der Waals surface area contributed by atoms with Gasteiger partial charge in [0, 0.05) is 68.3 Å². The van der Waals surface area contributed by atoms with Gasteiger partial charge in [-0.2, -0.15) is 10.1 Å². The molecule has 0 aromatic carbocycles. The number of hydrogen-bond acceptors (Lipinski definition) is 7. The molecule has 2 N–H and O–H groups in total. The normalized spacial score (nSPS) is 16.5. The van der Waals surface area contributed by atoms with Crippen molar-refractivity contribution in [1.82, 2.24) is 25.1 Å². The Morgan fingerprint density at radius 2 is 2.03 bits per heavy atom. The maximum absolute atomic E-state index is 13.3. The number of anilines is 3. The van der Waals surface area contributed by atoms with Gasteiger partial charge < -0.3 is 20.3 Å². The first-order chi connectivity index (χ1) is 17.5. The number of fused-ring (bicyclic) bond motifs is 2. The lowest BCUT2D eigenvalue weighted by molar-refractivity contribution is 0.257. The number of urea groups is 1. The molecule has 2 aliphatic heterocycles. The predicted octanol–water partition coefficient (Wildman–Crippen LogP) is 4.21. The van der Waals surface area contributed by atoms with Gasteiger partial charge in [-0.05, 0) is 32.4 Å². The molecule has 0 bridgehead atoms. The standard InChI is InChI=1S/C22H28N8O2.2C2H6/c1-4-32-21-17(11-15-13-28(3)27-19(15)26-21)25-22(31)30-9-6-16-18(5-7-24-20(16)30)29-10-8-23-14(2)12-29;2*1-2/h5,7,11,13-14,23H,4,6,8-10,12H2,1-3H3,(H,25,31);2*1-2H3. The zero-order valence-corrected chi connectivity index (χ0v) is 22.6.